The van der Waals surface area contributed by atoms with E-state index in [-0.39, 0.29) is 17.8 Å². The topological polar surface area (TPSA) is 41.6 Å². The first-order valence-electron chi connectivity index (χ1n) is 8.20. The largest absolute Gasteiger partial charge is 0.375 e. The zero-order valence-corrected chi connectivity index (χ0v) is 13.4. The van der Waals surface area contributed by atoms with Gasteiger partial charge in [0.1, 0.15) is 0 Å². The molecule has 3 unspecified atom stereocenters. The van der Waals surface area contributed by atoms with Crippen molar-refractivity contribution in [2.24, 2.45) is 0 Å². The van der Waals surface area contributed by atoms with Crippen LogP contribution in [0.2, 0.25) is 0 Å². The minimum absolute atomic E-state index is 0.0301. The monoisotopic (exact) mass is 282 g/mol. The molecule has 0 radical (unpaired) electrons. The summed E-state index contributed by atoms with van der Waals surface area (Å²) in [4.78, 5) is 14.9. The molecule has 2 rings (SSSR count). The van der Waals surface area contributed by atoms with Crippen molar-refractivity contribution in [2.75, 3.05) is 6.61 Å². The summed E-state index contributed by atoms with van der Waals surface area (Å²) >= 11 is 0. The molecule has 2 heterocycles. The Balaban J connectivity index is 2.11. The van der Waals surface area contributed by atoms with E-state index in [9.17, 15) is 4.79 Å². The van der Waals surface area contributed by atoms with Crippen molar-refractivity contribution in [2.45, 2.75) is 90.1 Å². The molecule has 0 saturated carbocycles. The fourth-order valence-corrected chi connectivity index (χ4v) is 3.58. The lowest BCUT2D eigenvalue weighted by atomic mass is 9.92. The van der Waals surface area contributed by atoms with Gasteiger partial charge in [-0.3, -0.25) is 10.1 Å². The summed E-state index contributed by atoms with van der Waals surface area (Å²) in [6, 6.07) is 0.361. The van der Waals surface area contributed by atoms with Crippen molar-refractivity contribution in [3.63, 3.8) is 0 Å². The highest BCUT2D eigenvalue weighted by molar-refractivity contribution is 5.84. The van der Waals surface area contributed by atoms with E-state index in [2.05, 4.69) is 37.9 Å². The highest BCUT2D eigenvalue weighted by Gasteiger charge is 2.44. The van der Waals surface area contributed by atoms with Crippen molar-refractivity contribution >= 4 is 5.91 Å². The number of ether oxygens (including phenoxy) is 1. The van der Waals surface area contributed by atoms with Gasteiger partial charge in [0, 0.05) is 12.6 Å². The van der Waals surface area contributed by atoms with Crippen LogP contribution in [0.15, 0.2) is 0 Å². The van der Waals surface area contributed by atoms with Crippen molar-refractivity contribution in [1.29, 1.82) is 0 Å². The first-order valence-corrected chi connectivity index (χ1v) is 8.20. The second-order valence-corrected chi connectivity index (χ2v) is 6.81. The molecule has 4 heteroatoms. The van der Waals surface area contributed by atoms with Gasteiger partial charge in [-0.05, 0) is 39.5 Å². The number of hydrogen-bond acceptors (Lipinski definition) is 3. The Labute approximate surface area is 123 Å². The van der Waals surface area contributed by atoms with E-state index in [0.29, 0.717) is 11.9 Å². The molecule has 1 N–H and O–H groups in total. The molecule has 0 aliphatic carbocycles. The molecule has 1 amide bonds. The number of nitrogens with one attached hydrogen (secondary N) is 1. The van der Waals surface area contributed by atoms with Crippen LogP contribution in [0.5, 0.6) is 0 Å². The van der Waals surface area contributed by atoms with Crippen LogP contribution >= 0.6 is 0 Å². The van der Waals surface area contributed by atoms with Gasteiger partial charge in [-0.2, -0.15) is 0 Å². The summed E-state index contributed by atoms with van der Waals surface area (Å²) < 4.78 is 5.80. The number of carbonyl (C=O) groups is 1. The van der Waals surface area contributed by atoms with Crippen LogP contribution in [0.25, 0.3) is 0 Å². The van der Waals surface area contributed by atoms with Gasteiger partial charge in [-0.1, -0.05) is 26.7 Å². The van der Waals surface area contributed by atoms with Gasteiger partial charge in [-0.15, -0.1) is 0 Å². The van der Waals surface area contributed by atoms with Gasteiger partial charge in [0.05, 0.1) is 17.8 Å². The van der Waals surface area contributed by atoms with E-state index < -0.39 is 0 Å². The lowest BCUT2D eigenvalue weighted by Gasteiger charge is -2.41. The number of nitrogens with zero attached hydrogens (tertiary/aromatic N) is 1. The molecule has 0 spiro atoms. The Kier molecular flexibility index (Phi) is 5.08. The van der Waals surface area contributed by atoms with Crippen LogP contribution < -0.4 is 5.32 Å². The smallest absolute Gasteiger partial charge is 0.241 e. The van der Waals surface area contributed by atoms with Crippen LogP contribution in [0, 0.1) is 0 Å². The van der Waals surface area contributed by atoms with E-state index in [1.54, 1.807) is 0 Å². The Morgan fingerprint density at radius 1 is 1.30 bits per heavy atom. The van der Waals surface area contributed by atoms with E-state index >= 15 is 0 Å². The number of amides is 1. The molecule has 4 nitrogen and oxygen atoms in total. The van der Waals surface area contributed by atoms with Gasteiger partial charge in [0.2, 0.25) is 5.91 Å². The summed E-state index contributed by atoms with van der Waals surface area (Å²) in [7, 11) is 0. The maximum atomic E-state index is 12.7. The fourth-order valence-electron chi connectivity index (χ4n) is 3.58. The highest BCUT2D eigenvalue weighted by atomic mass is 16.5. The first-order chi connectivity index (χ1) is 9.48. The molecule has 0 aromatic carbocycles. The van der Waals surface area contributed by atoms with E-state index in [1.807, 2.05) is 0 Å². The summed E-state index contributed by atoms with van der Waals surface area (Å²) in [6.07, 6.45) is 6.28. The predicted molar refractivity (Wildman–Crippen MR) is 80.4 cm³/mol. The maximum absolute atomic E-state index is 12.7. The van der Waals surface area contributed by atoms with E-state index in [4.69, 9.17) is 4.74 Å². The summed E-state index contributed by atoms with van der Waals surface area (Å²) in [5, 5.41) is 3.55. The Hall–Kier alpha value is -0.610. The number of rotatable bonds is 5. The molecule has 2 saturated heterocycles. The molecular weight excluding hydrogens is 252 g/mol. The molecule has 3 atom stereocenters. The third kappa shape index (κ3) is 3.34. The number of carbonyl (C=O) groups excluding carboxylic acids is 1. The standard InChI is InChI=1S/C16H30N2O2/c1-5-7-13-15(19)18(14(17-13)8-6-2)12-9-10-20-16(3,4)11-12/h12-14,17H,5-11H2,1-4H3. The third-order valence-corrected chi connectivity index (χ3v) is 4.49. The first kappa shape index (κ1) is 15.8. The van der Waals surface area contributed by atoms with Crippen LogP contribution in [0.4, 0.5) is 0 Å². The molecule has 20 heavy (non-hydrogen) atoms. The summed E-state index contributed by atoms with van der Waals surface area (Å²) in [5.41, 5.74) is -0.108. The van der Waals surface area contributed by atoms with Crippen molar-refractivity contribution in [3.05, 3.63) is 0 Å². The molecule has 2 aliphatic rings. The molecule has 2 fully saturated rings. The molecule has 0 aromatic rings. The average molecular weight is 282 g/mol. The van der Waals surface area contributed by atoms with Gasteiger partial charge in [-0.25, -0.2) is 0 Å². The van der Waals surface area contributed by atoms with E-state index in [1.165, 1.54) is 0 Å². The van der Waals surface area contributed by atoms with Crippen LogP contribution in [-0.4, -0.2) is 41.3 Å². The van der Waals surface area contributed by atoms with Crippen LogP contribution in [0.3, 0.4) is 0 Å². The zero-order valence-electron chi connectivity index (χ0n) is 13.4. The highest BCUT2D eigenvalue weighted by Crippen LogP contribution is 2.31. The fraction of sp³-hybridized carbons (Fsp3) is 0.938. The molecule has 0 bridgehead atoms. The summed E-state index contributed by atoms with van der Waals surface area (Å²) in [5.74, 6) is 0.313. The Morgan fingerprint density at radius 3 is 2.60 bits per heavy atom. The molecule has 0 aromatic heterocycles. The predicted octanol–water partition coefficient (Wildman–Crippen LogP) is 2.67. The average Bonchev–Trinajstić information content (AvgIpc) is 2.66. The van der Waals surface area contributed by atoms with Gasteiger partial charge in [0.25, 0.3) is 0 Å². The Bertz CT molecular complexity index is 343. The SMILES string of the molecule is CCCC1NC(CCC)N(C2CCOC(C)(C)C2)C1=O. The maximum Gasteiger partial charge on any atom is 0.241 e. The lowest BCUT2D eigenvalue weighted by molar-refractivity contribution is -0.139. The molecule has 2 aliphatic heterocycles. The van der Waals surface area contributed by atoms with E-state index in [0.717, 1.165) is 45.1 Å². The van der Waals surface area contributed by atoms with Gasteiger partial charge < -0.3 is 9.64 Å². The minimum atomic E-state index is -0.108. The van der Waals surface area contributed by atoms with Crippen molar-refractivity contribution in [3.8, 4) is 0 Å². The number of hydrogen-bond donors (Lipinski definition) is 1. The van der Waals surface area contributed by atoms with Crippen LogP contribution in [0.1, 0.15) is 66.2 Å². The van der Waals surface area contributed by atoms with Crippen molar-refractivity contribution < 1.29 is 9.53 Å². The second-order valence-electron chi connectivity index (χ2n) is 6.81. The van der Waals surface area contributed by atoms with Gasteiger partial charge in [0.15, 0.2) is 0 Å². The van der Waals surface area contributed by atoms with Crippen LogP contribution in [-0.2, 0) is 9.53 Å². The van der Waals surface area contributed by atoms with Crippen molar-refractivity contribution in [1.82, 2.24) is 10.2 Å². The summed E-state index contributed by atoms with van der Waals surface area (Å²) in [6.45, 7) is 9.35. The minimum Gasteiger partial charge on any atom is -0.375 e. The molecule has 116 valence electrons. The second kappa shape index (κ2) is 6.44. The quantitative estimate of drug-likeness (QED) is 0.843. The lowest BCUT2D eigenvalue weighted by Crippen LogP contribution is -2.51. The Morgan fingerprint density at radius 2 is 2.00 bits per heavy atom. The third-order valence-electron chi connectivity index (χ3n) is 4.49. The zero-order chi connectivity index (χ0) is 14.8. The normalized spacial score (nSPS) is 33.7. The van der Waals surface area contributed by atoms with Gasteiger partial charge >= 0.3 is 0 Å². The molecular formula is C16H30N2O2.